The van der Waals surface area contributed by atoms with Crippen molar-refractivity contribution in [2.24, 2.45) is 0 Å². The third kappa shape index (κ3) is 2.07. The molecule has 5 heteroatoms. The SMILES string of the molecule is O=C(Nc1cnc2n1CCCC2)[C@H]1CCCN1. The number of nitrogens with one attached hydrogen (secondary N) is 2. The van der Waals surface area contributed by atoms with Gasteiger partial charge in [-0.15, -0.1) is 0 Å². The van der Waals surface area contributed by atoms with Gasteiger partial charge < -0.3 is 15.2 Å². The number of aryl methyl sites for hydroxylation is 1. The highest BCUT2D eigenvalue weighted by Gasteiger charge is 2.23. The first kappa shape index (κ1) is 10.8. The molecule has 0 spiro atoms. The first-order valence-electron chi connectivity index (χ1n) is 6.43. The van der Waals surface area contributed by atoms with Gasteiger partial charge in [-0.1, -0.05) is 0 Å². The van der Waals surface area contributed by atoms with Crippen LogP contribution in [0.3, 0.4) is 0 Å². The number of carbonyl (C=O) groups excluding carboxylic acids is 1. The number of rotatable bonds is 2. The number of aromatic nitrogens is 2. The normalized spacial score (nSPS) is 23.4. The second kappa shape index (κ2) is 4.49. The molecule has 2 aliphatic heterocycles. The van der Waals surface area contributed by atoms with Crippen LogP contribution in [0.1, 0.15) is 31.5 Å². The molecule has 0 unspecified atom stereocenters. The predicted molar refractivity (Wildman–Crippen MR) is 64.8 cm³/mol. The van der Waals surface area contributed by atoms with Gasteiger partial charge in [0.2, 0.25) is 5.91 Å². The Bertz CT molecular complexity index is 420. The maximum Gasteiger partial charge on any atom is 0.242 e. The number of carbonyl (C=O) groups is 1. The largest absolute Gasteiger partial charge is 0.315 e. The lowest BCUT2D eigenvalue weighted by molar-refractivity contribution is -0.117. The zero-order chi connectivity index (χ0) is 11.7. The molecule has 3 rings (SSSR count). The van der Waals surface area contributed by atoms with Crippen molar-refractivity contribution >= 4 is 11.7 Å². The fourth-order valence-electron chi connectivity index (χ4n) is 2.64. The smallest absolute Gasteiger partial charge is 0.242 e. The van der Waals surface area contributed by atoms with Crippen molar-refractivity contribution in [1.29, 1.82) is 0 Å². The van der Waals surface area contributed by atoms with E-state index in [1.807, 2.05) is 0 Å². The van der Waals surface area contributed by atoms with E-state index in [0.717, 1.165) is 44.0 Å². The van der Waals surface area contributed by atoms with Crippen LogP contribution in [0.15, 0.2) is 6.20 Å². The van der Waals surface area contributed by atoms with E-state index in [9.17, 15) is 4.79 Å². The molecule has 0 bridgehead atoms. The fourth-order valence-corrected chi connectivity index (χ4v) is 2.64. The Labute approximate surface area is 101 Å². The fraction of sp³-hybridized carbons (Fsp3) is 0.667. The lowest BCUT2D eigenvalue weighted by Crippen LogP contribution is -2.36. The van der Waals surface area contributed by atoms with Crippen molar-refractivity contribution in [3.05, 3.63) is 12.0 Å². The maximum atomic E-state index is 12.0. The molecule has 1 amide bonds. The van der Waals surface area contributed by atoms with Crippen molar-refractivity contribution in [2.45, 2.75) is 44.7 Å². The topological polar surface area (TPSA) is 59.0 Å². The van der Waals surface area contributed by atoms with E-state index in [-0.39, 0.29) is 11.9 Å². The lowest BCUT2D eigenvalue weighted by Gasteiger charge is -2.17. The molecule has 1 aromatic rings. The standard InChI is InChI=1S/C12H18N4O/c17-12(9-4-3-6-13-9)15-11-8-14-10-5-1-2-7-16(10)11/h8-9,13H,1-7H2,(H,15,17)/t9-/m1/s1. The summed E-state index contributed by atoms with van der Waals surface area (Å²) in [6.07, 6.45) is 7.21. The molecule has 3 heterocycles. The third-order valence-corrected chi connectivity index (χ3v) is 3.60. The summed E-state index contributed by atoms with van der Waals surface area (Å²) in [7, 11) is 0. The minimum Gasteiger partial charge on any atom is -0.315 e. The average Bonchev–Trinajstić information content (AvgIpc) is 2.98. The van der Waals surface area contributed by atoms with Crippen LogP contribution in [-0.4, -0.2) is 28.0 Å². The van der Waals surface area contributed by atoms with Gasteiger partial charge in [-0.05, 0) is 32.2 Å². The van der Waals surface area contributed by atoms with E-state index in [0.29, 0.717) is 0 Å². The molecular weight excluding hydrogens is 216 g/mol. The van der Waals surface area contributed by atoms with Crippen LogP contribution in [0.4, 0.5) is 5.82 Å². The quantitative estimate of drug-likeness (QED) is 0.799. The average molecular weight is 234 g/mol. The van der Waals surface area contributed by atoms with Gasteiger partial charge in [-0.2, -0.15) is 0 Å². The van der Waals surface area contributed by atoms with Gasteiger partial charge in [-0.3, -0.25) is 4.79 Å². The van der Waals surface area contributed by atoms with Crippen molar-refractivity contribution in [2.75, 3.05) is 11.9 Å². The Morgan fingerprint density at radius 3 is 3.24 bits per heavy atom. The van der Waals surface area contributed by atoms with Gasteiger partial charge in [0, 0.05) is 13.0 Å². The van der Waals surface area contributed by atoms with E-state index in [1.165, 1.54) is 12.8 Å². The van der Waals surface area contributed by atoms with Gasteiger partial charge in [0.1, 0.15) is 11.6 Å². The summed E-state index contributed by atoms with van der Waals surface area (Å²) in [6.45, 7) is 1.92. The molecule has 17 heavy (non-hydrogen) atoms. The molecule has 1 saturated heterocycles. The molecule has 2 N–H and O–H groups in total. The van der Waals surface area contributed by atoms with E-state index < -0.39 is 0 Å². The molecular formula is C12H18N4O. The van der Waals surface area contributed by atoms with Crippen LogP contribution in [0.25, 0.3) is 0 Å². The summed E-state index contributed by atoms with van der Waals surface area (Å²) >= 11 is 0. The Balaban J connectivity index is 1.72. The second-order valence-electron chi connectivity index (χ2n) is 4.81. The summed E-state index contributed by atoms with van der Waals surface area (Å²) in [4.78, 5) is 16.3. The van der Waals surface area contributed by atoms with Crippen LogP contribution < -0.4 is 10.6 Å². The van der Waals surface area contributed by atoms with Crippen molar-refractivity contribution < 1.29 is 4.79 Å². The van der Waals surface area contributed by atoms with Crippen LogP contribution in [0.5, 0.6) is 0 Å². The van der Waals surface area contributed by atoms with Crippen LogP contribution in [-0.2, 0) is 17.8 Å². The molecule has 0 saturated carbocycles. The summed E-state index contributed by atoms with van der Waals surface area (Å²) < 4.78 is 2.14. The first-order valence-corrected chi connectivity index (χ1v) is 6.43. The summed E-state index contributed by atoms with van der Waals surface area (Å²) in [5, 5.41) is 6.20. The highest BCUT2D eigenvalue weighted by molar-refractivity contribution is 5.94. The van der Waals surface area contributed by atoms with Gasteiger partial charge in [0.05, 0.1) is 12.2 Å². The minimum atomic E-state index is -0.0234. The monoisotopic (exact) mass is 234 g/mol. The molecule has 2 aliphatic rings. The Morgan fingerprint density at radius 2 is 2.41 bits per heavy atom. The van der Waals surface area contributed by atoms with Crippen molar-refractivity contribution in [3.8, 4) is 0 Å². The first-order chi connectivity index (χ1) is 8.34. The summed E-state index contributed by atoms with van der Waals surface area (Å²) in [5.41, 5.74) is 0. The van der Waals surface area contributed by atoms with Crippen molar-refractivity contribution in [3.63, 3.8) is 0 Å². The molecule has 1 aromatic heterocycles. The van der Waals surface area contributed by atoms with E-state index in [2.05, 4.69) is 20.2 Å². The maximum absolute atomic E-state index is 12.0. The molecule has 1 fully saturated rings. The predicted octanol–water partition coefficient (Wildman–Crippen LogP) is 0.910. The van der Waals surface area contributed by atoms with Gasteiger partial charge in [0.15, 0.2) is 0 Å². The second-order valence-corrected chi connectivity index (χ2v) is 4.81. The van der Waals surface area contributed by atoms with Crippen LogP contribution >= 0.6 is 0 Å². The van der Waals surface area contributed by atoms with E-state index in [4.69, 9.17) is 0 Å². The summed E-state index contributed by atoms with van der Waals surface area (Å²) in [5.74, 6) is 2.04. The zero-order valence-corrected chi connectivity index (χ0v) is 9.91. The van der Waals surface area contributed by atoms with Gasteiger partial charge in [-0.25, -0.2) is 4.98 Å². The minimum absolute atomic E-state index is 0.0234. The highest BCUT2D eigenvalue weighted by Crippen LogP contribution is 2.20. The molecule has 92 valence electrons. The number of fused-ring (bicyclic) bond motifs is 1. The van der Waals surface area contributed by atoms with Crippen LogP contribution in [0, 0.1) is 0 Å². The van der Waals surface area contributed by atoms with Crippen LogP contribution in [0.2, 0.25) is 0 Å². The Morgan fingerprint density at radius 1 is 1.47 bits per heavy atom. The van der Waals surface area contributed by atoms with Crippen molar-refractivity contribution in [1.82, 2.24) is 14.9 Å². The van der Waals surface area contributed by atoms with E-state index >= 15 is 0 Å². The lowest BCUT2D eigenvalue weighted by atomic mass is 10.2. The molecule has 1 atom stereocenters. The summed E-state index contributed by atoms with van der Waals surface area (Å²) in [6, 6.07) is -0.0234. The molecule has 0 aliphatic carbocycles. The molecule has 5 nitrogen and oxygen atoms in total. The number of hydrogen-bond donors (Lipinski definition) is 2. The van der Waals surface area contributed by atoms with Gasteiger partial charge >= 0.3 is 0 Å². The Hall–Kier alpha value is -1.36. The van der Waals surface area contributed by atoms with Gasteiger partial charge in [0.25, 0.3) is 0 Å². The number of amides is 1. The number of nitrogens with zero attached hydrogens (tertiary/aromatic N) is 2. The Kier molecular flexibility index (Phi) is 2.84. The highest BCUT2D eigenvalue weighted by atomic mass is 16.2. The number of anilines is 1. The number of imidazole rings is 1. The molecule has 0 radical (unpaired) electrons. The molecule has 0 aromatic carbocycles. The van der Waals surface area contributed by atoms with E-state index in [1.54, 1.807) is 6.20 Å². The third-order valence-electron chi connectivity index (χ3n) is 3.60. The zero-order valence-electron chi connectivity index (χ0n) is 9.91. The number of hydrogen-bond acceptors (Lipinski definition) is 3.